The second-order valence-corrected chi connectivity index (χ2v) is 3.17. The van der Waals surface area contributed by atoms with Crippen LogP contribution in [0.25, 0.3) is 0 Å². The predicted octanol–water partition coefficient (Wildman–Crippen LogP) is 3.22. The number of carbonyl (C=O) groups is 1. The van der Waals surface area contributed by atoms with Crippen molar-refractivity contribution < 1.29 is 14.3 Å². The lowest BCUT2D eigenvalue weighted by Gasteiger charge is -2.08. The first kappa shape index (κ1) is 11.1. The molecule has 0 aromatic heterocycles. The molecule has 0 saturated heterocycles. The van der Waals surface area contributed by atoms with Crippen molar-refractivity contribution in [2.75, 3.05) is 7.11 Å². The minimum atomic E-state index is -0.855. The summed E-state index contributed by atoms with van der Waals surface area (Å²) >= 11 is 10.9. The van der Waals surface area contributed by atoms with Crippen molar-refractivity contribution in [3.8, 4) is 5.75 Å². The molecular weight excluding hydrogens is 227 g/mol. The molecule has 1 aromatic rings. The van der Waals surface area contributed by atoms with Crippen molar-refractivity contribution in [3.63, 3.8) is 0 Å². The highest BCUT2D eigenvalue weighted by molar-refractivity contribution is 6.61. The third kappa shape index (κ3) is 2.79. The fourth-order valence-corrected chi connectivity index (χ4v) is 1.36. The molecule has 76 valence electrons. The predicted molar refractivity (Wildman–Crippen MR) is 54.0 cm³/mol. The van der Waals surface area contributed by atoms with Crippen LogP contribution in [0.2, 0.25) is 5.02 Å². The molecule has 0 unspecified atom stereocenters. The summed E-state index contributed by atoms with van der Waals surface area (Å²) in [5.41, 5.74) is -0.180. The Hall–Kier alpha value is -0.930. The van der Waals surface area contributed by atoms with Gasteiger partial charge in [-0.15, -0.1) is 0 Å². The molecule has 0 atom stereocenters. The van der Waals surface area contributed by atoms with Gasteiger partial charge in [0.1, 0.15) is 12.4 Å². The Morgan fingerprint density at radius 3 is 2.79 bits per heavy atom. The highest BCUT2D eigenvalue weighted by Crippen LogP contribution is 2.28. The van der Waals surface area contributed by atoms with E-state index >= 15 is 0 Å². The van der Waals surface area contributed by atoms with Crippen LogP contribution in [-0.2, 0) is 11.3 Å². The summed E-state index contributed by atoms with van der Waals surface area (Å²) in [5, 5.41) is 0.468. The van der Waals surface area contributed by atoms with Crippen molar-refractivity contribution in [2.45, 2.75) is 6.61 Å². The van der Waals surface area contributed by atoms with Gasteiger partial charge in [-0.3, -0.25) is 0 Å². The van der Waals surface area contributed by atoms with Gasteiger partial charge in [-0.2, -0.15) is 0 Å². The SMILES string of the molecule is COc1c(Cl)cccc1COC(=O)Cl. The van der Waals surface area contributed by atoms with Gasteiger partial charge in [0.25, 0.3) is 0 Å². The maximum atomic E-state index is 10.4. The molecule has 0 bridgehead atoms. The Balaban J connectivity index is 2.85. The van der Waals surface area contributed by atoms with Gasteiger partial charge in [0.2, 0.25) is 0 Å². The smallest absolute Gasteiger partial charge is 0.404 e. The highest BCUT2D eigenvalue weighted by Gasteiger charge is 2.08. The zero-order valence-corrected chi connectivity index (χ0v) is 8.93. The van der Waals surface area contributed by atoms with Gasteiger partial charge in [0, 0.05) is 17.2 Å². The Bertz CT molecular complexity index is 339. The summed E-state index contributed by atoms with van der Waals surface area (Å²) in [5.74, 6) is 0.493. The second kappa shape index (κ2) is 5.08. The van der Waals surface area contributed by atoms with Crippen molar-refractivity contribution in [3.05, 3.63) is 28.8 Å². The van der Waals surface area contributed by atoms with E-state index in [4.69, 9.17) is 27.9 Å². The average molecular weight is 235 g/mol. The Morgan fingerprint density at radius 1 is 1.50 bits per heavy atom. The Kier molecular flexibility index (Phi) is 4.04. The van der Waals surface area contributed by atoms with Gasteiger partial charge >= 0.3 is 5.43 Å². The van der Waals surface area contributed by atoms with Gasteiger partial charge in [-0.1, -0.05) is 23.7 Å². The molecule has 5 heteroatoms. The summed E-state index contributed by atoms with van der Waals surface area (Å²) in [6, 6.07) is 5.17. The van der Waals surface area contributed by atoms with Crippen LogP contribution in [0.1, 0.15) is 5.56 Å². The van der Waals surface area contributed by atoms with Gasteiger partial charge in [0.05, 0.1) is 12.1 Å². The first-order chi connectivity index (χ1) is 6.65. The molecule has 1 rings (SSSR count). The Labute approximate surface area is 91.5 Å². The normalized spacial score (nSPS) is 9.64. The van der Waals surface area contributed by atoms with E-state index in [2.05, 4.69) is 4.74 Å². The van der Waals surface area contributed by atoms with Crippen LogP contribution in [0.15, 0.2) is 18.2 Å². The van der Waals surface area contributed by atoms with Crippen LogP contribution in [0.4, 0.5) is 4.79 Å². The van der Waals surface area contributed by atoms with Crippen molar-refractivity contribution in [1.82, 2.24) is 0 Å². The van der Waals surface area contributed by atoms with E-state index in [0.717, 1.165) is 0 Å². The lowest BCUT2D eigenvalue weighted by atomic mass is 10.2. The van der Waals surface area contributed by atoms with Crippen molar-refractivity contribution >= 4 is 28.6 Å². The molecule has 1 aromatic carbocycles. The molecule has 0 N–H and O–H groups in total. The van der Waals surface area contributed by atoms with E-state index in [0.29, 0.717) is 16.3 Å². The number of rotatable bonds is 3. The number of benzene rings is 1. The second-order valence-electron chi connectivity index (χ2n) is 2.46. The summed E-state index contributed by atoms with van der Waals surface area (Å²) in [6.45, 7) is 0.0477. The molecule has 0 fully saturated rings. The minimum Gasteiger partial charge on any atom is -0.495 e. The first-order valence-electron chi connectivity index (χ1n) is 3.78. The van der Waals surface area contributed by atoms with Crippen LogP contribution in [0, 0.1) is 0 Å². The molecule has 0 aliphatic rings. The standard InChI is InChI=1S/C9H8Cl2O3/c1-13-8-6(5-14-9(11)12)3-2-4-7(8)10/h2-4H,5H2,1H3. The third-order valence-corrected chi connectivity index (χ3v) is 2.00. The van der Waals surface area contributed by atoms with Gasteiger partial charge < -0.3 is 9.47 Å². The minimum absolute atomic E-state index is 0.0477. The maximum Gasteiger partial charge on any atom is 0.404 e. The molecule has 0 saturated carbocycles. The van der Waals surface area contributed by atoms with E-state index in [1.54, 1.807) is 18.2 Å². The largest absolute Gasteiger partial charge is 0.495 e. The molecule has 14 heavy (non-hydrogen) atoms. The van der Waals surface area contributed by atoms with Crippen molar-refractivity contribution in [1.29, 1.82) is 0 Å². The van der Waals surface area contributed by atoms with Gasteiger partial charge in [-0.25, -0.2) is 4.79 Å². The van der Waals surface area contributed by atoms with E-state index in [9.17, 15) is 4.79 Å². The van der Waals surface area contributed by atoms with Crippen LogP contribution in [0.5, 0.6) is 5.75 Å². The fourth-order valence-electron chi connectivity index (χ4n) is 1.03. The van der Waals surface area contributed by atoms with Crippen molar-refractivity contribution in [2.24, 2.45) is 0 Å². The molecule has 3 nitrogen and oxygen atoms in total. The highest BCUT2D eigenvalue weighted by atomic mass is 35.5. The molecule has 0 aliphatic heterocycles. The third-order valence-electron chi connectivity index (χ3n) is 1.59. The quantitative estimate of drug-likeness (QED) is 0.754. The zero-order chi connectivity index (χ0) is 10.6. The Morgan fingerprint density at radius 2 is 2.21 bits per heavy atom. The van der Waals surface area contributed by atoms with Crippen LogP contribution in [0.3, 0.4) is 0 Å². The van der Waals surface area contributed by atoms with Crippen LogP contribution < -0.4 is 4.74 Å². The number of para-hydroxylation sites is 1. The number of carbonyl (C=O) groups excluding carboxylic acids is 1. The molecule has 0 radical (unpaired) electrons. The lowest BCUT2D eigenvalue weighted by molar-refractivity contribution is 0.166. The molecular formula is C9H8Cl2O3. The molecule has 0 heterocycles. The first-order valence-corrected chi connectivity index (χ1v) is 4.54. The number of ether oxygens (including phenoxy) is 2. The molecule has 0 aliphatic carbocycles. The zero-order valence-electron chi connectivity index (χ0n) is 7.42. The lowest BCUT2D eigenvalue weighted by Crippen LogP contribution is -1.98. The van der Waals surface area contributed by atoms with E-state index in [-0.39, 0.29) is 6.61 Å². The van der Waals surface area contributed by atoms with Gasteiger partial charge in [0.15, 0.2) is 0 Å². The average Bonchev–Trinajstić information content (AvgIpc) is 2.14. The molecule has 0 spiro atoms. The fraction of sp³-hybridized carbons (Fsp3) is 0.222. The number of halogens is 2. The summed E-state index contributed by atoms with van der Waals surface area (Å²) < 4.78 is 9.66. The van der Waals surface area contributed by atoms with E-state index < -0.39 is 5.43 Å². The monoisotopic (exact) mass is 234 g/mol. The van der Waals surface area contributed by atoms with E-state index in [1.807, 2.05) is 0 Å². The number of hydrogen-bond donors (Lipinski definition) is 0. The van der Waals surface area contributed by atoms with Crippen LogP contribution >= 0.6 is 23.2 Å². The summed E-state index contributed by atoms with van der Waals surface area (Å²) in [6.07, 6.45) is 0. The topological polar surface area (TPSA) is 35.5 Å². The number of hydrogen-bond acceptors (Lipinski definition) is 3. The molecule has 0 amide bonds. The van der Waals surface area contributed by atoms with E-state index in [1.165, 1.54) is 7.11 Å². The summed E-state index contributed by atoms with van der Waals surface area (Å²) in [4.78, 5) is 10.4. The maximum absolute atomic E-state index is 10.4. The summed E-state index contributed by atoms with van der Waals surface area (Å²) in [7, 11) is 1.49. The van der Waals surface area contributed by atoms with Gasteiger partial charge in [-0.05, 0) is 6.07 Å². The van der Waals surface area contributed by atoms with Crippen LogP contribution in [-0.4, -0.2) is 12.5 Å². The number of methoxy groups -OCH3 is 1.